The molecule has 1 aromatic heterocycles. The Morgan fingerprint density at radius 1 is 1.06 bits per heavy atom. The average Bonchev–Trinajstić information content (AvgIpc) is 3.25. The van der Waals surface area contributed by atoms with Crippen LogP contribution in [0.1, 0.15) is 51.0 Å². The molecule has 0 spiro atoms. The van der Waals surface area contributed by atoms with E-state index >= 15 is 0 Å². The number of rotatable bonds is 10. The standard InChI is InChI=1S/C25H31NO5Si/c1-25(2,3)32(21-10-6-4-7-11-21,22-12-8-5-9-13-22)30-15-14-19(16-24(28)29)23-17-20(18-27)31-26-23/h4-13,17,19,27H,14-16,18H2,1-3H3,(H,28,29)/t19-/m1/s1. The summed E-state index contributed by atoms with van der Waals surface area (Å²) in [6, 6.07) is 22.3. The van der Waals surface area contributed by atoms with Gasteiger partial charge in [0.05, 0.1) is 12.1 Å². The minimum Gasteiger partial charge on any atom is -0.481 e. The largest absolute Gasteiger partial charge is 0.481 e. The van der Waals surface area contributed by atoms with Crippen LogP contribution in [0.15, 0.2) is 71.3 Å². The minimum absolute atomic E-state index is 0.0818. The first-order valence-corrected chi connectivity index (χ1v) is 12.7. The summed E-state index contributed by atoms with van der Waals surface area (Å²) in [6.45, 7) is 6.73. The highest BCUT2D eigenvalue weighted by molar-refractivity contribution is 6.99. The van der Waals surface area contributed by atoms with E-state index in [1.807, 2.05) is 36.4 Å². The third-order valence-corrected chi connectivity index (χ3v) is 10.8. The molecular formula is C25H31NO5Si. The number of carbonyl (C=O) groups is 1. The molecule has 0 aliphatic rings. The summed E-state index contributed by atoms with van der Waals surface area (Å²) in [5, 5.41) is 24.9. The van der Waals surface area contributed by atoms with Gasteiger partial charge in [0, 0.05) is 18.6 Å². The smallest absolute Gasteiger partial charge is 0.304 e. The second-order valence-electron chi connectivity index (χ2n) is 8.97. The zero-order valence-corrected chi connectivity index (χ0v) is 19.8. The lowest BCUT2D eigenvalue weighted by Crippen LogP contribution is -2.66. The number of aliphatic carboxylic acids is 1. The Balaban J connectivity index is 1.93. The molecule has 1 atom stereocenters. The molecule has 0 aliphatic carbocycles. The van der Waals surface area contributed by atoms with Crippen LogP contribution < -0.4 is 10.4 Å². The van der Waals surface area contributed by atoms with Gasteiger partial charge in [-0.05, 0) is 21.8 Å². The lowest BCUT2D eigenvalue weighted by atomic mass is 9.98. The molecule has 7 heteroatoms. The number of aliphatic hydroxyl groups excluding tert-OH is 1. The molecule has 0 amide bonds. The Morgan fingerprint density at radius 3 is 2.06 bits per heavy atom. The SMILES string of the molecule is CC(C)(C)[Si](OCC[C@H](CC(=O)O)c1cc(CO)on1)(c1ccccc1)c1ccccc1. The topological polar surface area (TPSA) is 92.8 Å². The van der Waals surface area contributed by atoms with E-state index in [9.17, 15) is 15.0 Å². The Hall–Kier alpha value is -2.74. The molecule has 32 heavy (non-hydrogen) atoms. The lowest BCUT2D eigenvalue weighted by molar-refractivity contribution is -0.137. The maximum absolute atomic E-state index is 11.5. The van der Waals surface area contributed by atoms with Crippen LogP contribution in [0.5, 0.6) is 0 Å². The van der Waals surface area contributed by atoms with E-state index in [0.717, 1.165) is 0 Å². The summed E-state index contributed by atoms with van der Waals surface area (Å²) < 4.78 is 12.0. The molecule has 0 saturated heterocycles. The van der Waals surface area contributed by atoms with Gasteiger partial charge in [0.2, 0.25) is 0 Å². The van der Waals surface area contributed by atoms with Gasteiger partial charge in [-0.1, -0.05) is 86.6 Å². The summed E-state index contributed by atoms with van der Waals surface area (Å²) >= 11 is 0. The van der Waals surface area contributed by atoms with Gasteiger partial charge in [-0.25, -0.2) is 0 Å². The highest BCUT2D eigenvalue weighted by Crippen LogP contribution is 2.37. The molecule has 3 rings (SSSR count). The van der Waals surface area contributed by atoms with Crippen molar-refractivity contribution in [1.82, 2.24) is 5.16 Å². The van der Waals surface area contributed by atoms with Gasteiger partial charge in [0.15, 0.2) is 5.76 Å². The maximum Gasteiger partial charge on any atom is 0.304 e. The number of benzene rings is 2. The van der Waals surface area contributed by atoms with Crippen LogP contribution in [-0.2, 0) is 15.8 Å². The van der Waals surface area contributed by atoms with Crippen molar-refractivity contribution in [1.29, 1.82) is 0 Å². The predicted molar refractivity (Wildman–Crippen MR) is 126 cm³/mol. The molecule has 0 radical (unpaired) electrons. The summed E-state index contributed by atoms with van der Waals surface area (Å²) in [5.41, 5.74) is 0.530. The number of aliphatic hydroxyl groups is 1. The Morgan fingerprint density at radius 2 is 1.62 bits per heavy atom. The fourth-order valence-electron chi connectivity index (χ4n) is 4.28. The second-order valence-corrected chi connectivity index (χ2v) is 13.3. The van der Waals surface area contributed by atoms with Gasteiger partial charge in [-0.15, -0.1) is 0 Å². The van der Waals surface area contributed by atoms with Crippen LogP contribution in [0.25, 0.3) is 0 Å². The van der Waals surface area contributed by atoms with Crippen LogP contribution in [0.4, 0.5) is 0 Å². The normalized spacial score (nSPS) is 13.1. The van der Waals surface area contributed by atoms with E-state index in [2.05, 4.69) is 50.2 Å². The average molecular weight is 454 g/mol. The van der Waals surface area contributed by atoms with Gasteiger partial charge in [0.1, 0.15) is 6.61 Å². The second kappa shape index (κ2) is 10.2. The zero-order valence-electron chi connectivity index (χ0n) is 18.8. The number of carboxylic acids is 1. The van der Waals surface area contributed by atoms with E-state index < -0.39 is 14.3 Å². The maximum atomic E-state index is 11.5. The Bertz CT molecular complexity index is 958. The summed E-state index contributed by atoms with van der Waals surface area (Å²) in [7, 11) is -2.69. The third kappa shape index (κ3) is 5.18. The molecule has 0 bridgehead atoms. The van der Waals surface area contributed by atoms with E-state index in [1.165, 1.54) is 10.4 Å². The highest BCUT2D eigenvalue weighted by atomic mass is 28.4. The van der Waals surface area contributed by atoms with Crippen LogP contribution in [0.2, 0.25) is 5.04 Å². The number of carboxylic acid groups (broad SMARTS) is 1. The van der Waals surface area contributed by atoms with Gasteiger partial charge in [-0.3, -0.25) is 4.79 Å². The molecule has 0 fully saturated rings. The van der Waals surface area contributed by atoms with Crippen molar-refractivity contribution in [2.24, 2.45) is 0 Å². The summed E-state index contributed by atoms with van der Waals surface area (Å²) in [5.74, 6) is -0.952. The van der Waals surface area contributed by atoms with Crippen molar-refractivity contribution in [3.63, 3.8) is 0 Å². The number of aromatic nitrogens is 1. The molecular weight excluding hydrogens is 422 g/mol. The molecule has 2 aromatic carbocycles. The monoisotopic (exact) mass is 453 g/mol. The highest BCUT2D eigenvalue weighted by Gasteiger charge is 2.50. The number of hydrogen-bond donors (Lipinski definition) is 2. The van der Waals surface area contributed by atoms with E-state index in [1.54, 1.807) is 6.07 Å². The zero-order chi connectivity index (χ0) is 23.2. The van der Waals surface area contributed by atoms with E-state index in [-0.39, 0.29) is 24.0 Å². The van der Waals surface area contributed by atoms with Gasteiger partial charge in [-0.2, -0.15) is 0 Å². The van der Waals surface area contributed by atoms with Crippen LogP contribution >= 0.6 is 0 Å². The van der Waals surface area contributed by atoms with Crippen molar-refractivity contribution in [3.05, 3.63) is 78.2 Å². The van der Waals surface area contributed by atoms with Crippen LogP contribution in [0.3, 0.4) is 0 Å². The lowest BCUT2D eigenvalue weighted by Gasteiger charge is -2.43. The van der Waals surface area contributed by atoms with Crippen molar-refractivity contribution >= 4 is 24.7 Å². The van der Waals surface area contributed by atoms with E-state index in [4.69, 9.17) is 8.95 Å². The van der Waals surface area contributed by atoms with E-state index in [0.29, 0.717) is 24.5 Å². The van der Waals surface area contributed by atoms with Gasteiger partial charge in [0.25, 0.3) is 8.32 Å². The molecule has 2 N–H and O–H groups in total. The first-order valence-electron chi connectivity index (χ1n) is 10.8. The van der Waals surface area contributed by atoms with Crippen LogP contribution in [0, 0.1) is 0 Å². The molecule has 3 aromatic rings. The van der Waals surface area contributed by atoms with Crippen molar-refractivity contribution in [2.45, 2.75) is 51.2 Å². The summed E-state index contributed by atoms with van der Waals surface area (Å²) in [6.07, 6.45) is 0.399. The molecule has 1 heterocycles. The quantitative estimate of drug-likeness (QED) is 0.455. The fourth-order valence-corrected chi connectivity index (χ4v) is 8.86. The number of hydrogen-bond acceptors (Lipinski definition) is 5. The molecule has 0 unspecified atom stereocenters. The van der Waals surface area contributed by atoms with Gasteiger partial charge < -0.3 is 19.2 Å². The molecule has 170 valence electrons. The Kier molecular flexibility index (Phi) is 7.66. The number of nitrogens with zero attached hydrogens (tertiary/aromatic N) is 1. The predicted octanol–water partition coefficient (Wildman–Crippen LogP) is 3.69. The van der Waals surface area contributed by atoms with Crippen LogP contribution in [-0.4, -0.2) is 36.3 Å². The van der Waals surface area contributed by atoms with Crippen molar-refractivity contribution in [3.8, 4) is 0 Å². The molecule has 0 aliphatic heterocycles. The first kappa shape index (κ1) is 23.9. The molecule has 6 nitrogen and oxygen atoms in total. The molecule has 0 saturated carbocycles. The summed E-state index contributed by atoms with van der Waals surface area (Å²) in [4.78, 5) is 11.5. The van der Waals surface area contributed by atoms with Crippen molar-refractivity contribution in [2.75, 3.05) is 6.61 Å². The minimum atomic E-state index is -2.69. The third-order valence-electron chi connectivity index (χ3n) is 5.77. The first-order chi connectivity index (χ1) is 15.3. The fraction of sp³-hybridized carbons (Fsp3) is 0.360. The van der Waals surface area contributed by atoms with Crippen molar-refractivity contribution < 1.29 is 24.0 Å². The Labute approximate surface area is 190 Å². The van der Waals surface area contributed by atoms with Gasteiger partial charge >= 0.3 is 5.97 Å².